The van der Waals surface area contributed by atoms with Gasteiger partial charge >= 0.3 is 0 Å². The molecule has 1 aromatic carbocycles. The summed E-state index contributed by atoms with van der Waals surface area (Å²) in [7, 11) is 0. The number of carbonyl (C=O) groups is 2. The Hall–Kier alpha value is -1.11. The van der Waals surface area contributed by atoms with Crippen LogP contribution in [-0.2, 0) is 15.1 Å². The van der Waals surface area contributed by atoms with E-state index < -0.39 is 5.54 Å². The van der Waals surface area contributed by atoms with Gasteiger partial charge in [0.2, 0.25) is 11.8 Å². The molecule has 1 atom stereocenters. The quantitative estimate of drug-likeness (QED) is 0.807. The molecule has 7 heteroatoms. The Morgan fingerprint density at radius 3 is 2.35 bits per heavy atom. The van der Waals surface area contributed by atoms with Gasteiger partial charge in [-0.25, -0.2) is 0 Å². The maximum atomic E-state index is 12.3. The summed E-state index contributed by atoms with van der Waals surface area (Å²) in [5.41, 5.74) is 5.69. The van der Waals surface area contributed by atoms with E-state index in [1.54, 1.807) is 24.0 Å². The Labute approximate surface area is 151 Å². The lowest BCUT2D eigenvalue weighted by Gasteiger charge is -2.28. The van der Waals surface area contributed by atoms with Gasteiger partial charge < -0.3 is 16.0 Å². The summed E-state index contributed by atoms with van der Waals surface area (Å²) in [6.45, 7) is 3.21. The summed E-state index contributed by atoms with van der Waals surface area (Å²) in [5, 5.41) is 2.67. The molecule has 0 aromatic heterocycles. The molecule has 23 heavy (non-hydrogen) atoms. The number of hydrogen-bond acceptors (Lipinski definition) is 3. The molecule has 1 heterocycles. The summed E-state index contributed by atoms with van der Waals surface area (Å²) in [4.78, 5) is 26.2. The number of hydrogen-bond donors (Lipinski definition) is 2. The minimum absolute atomic E-state index is 0. The predicted molar refractivity (Wildman–Crippen MR) is 96.4 cm³/mol. The number of piperidine rings is 1. The average molecular weight is 405 g/mol. The molecule has 1 saturated heterocycles. The van der Waals surface area contributed by atoms with Gasteiger partial charge in [-0.15, -0.1) is 12.4 Å². The van der Waals surface area contributed by atoms with Gasteiger partial charge in [-0.05, 0) is 43.9 Å². The zero-order valence-corrected chi connectivity index (χ0v) is 15.6. The van der Waals surface area contributed by atoms with Crippen LogP contribution in [0.5, 0.6) is 0 Å². The van der Waals surface area contributed by atoms with Crippen molar-refractivity contribution in [1.29, 1.82) is 0 Å². The fourth-order valence-electron chi connectivity index (χ4n) is 2.52. The molecule has 2 rings (SSSR count). The molecule has 0 radical (unpaired) electrons. The lowest BCUT2D eigenvalue weighted by atomic mass is 9.92. The van der Waals surface area contributed by atoms with Crippen LogP contribution >= 0.6 is 28.3 Å². The number of nitrogens with one attached hydrogen (secondary N) is 1. The van der Waals surface area contributed by atoms with Crippen molar-refractivity contribution in [3.8, 4) is 0 Å². The van der Waals surface area contributed by atoms with Crippen LogP contribution in [0, 0.1) is 0 Å². The van der Waals surface area contributed by atoms with Crippen LogP contribution in [0.25, 0.3) is 0 Å². The number of nitrogens with two attached hydrogens (primary N) is 1. The second-order valence-corrected chi connectivity index (χ2v) is 6.75. The van der Waals surface area contributed by atoms with Crippen LogP contribution < -0.4 is 11.1 Å². The monoisotopic (exact) mass is 403 g/mol. The Balaban J connectivity index is 0.00000264. The largest absolute Gasteiger partial charge is 0.345 e. The van der Waals surface area contributed by atoms with Crippen molar-refractivity contribution in [1.82, 2.24) is 10.2 Å². The SMILES string of the molecule is CC(N)(C(=O)NCC(=O)N1CCCCC1)c1ccc(Br)cc1.Cl. The van der Waals surface area contributed by atoms with E-state index in [1.807, 2.05) is 12.1 Å². The van der Waals surface area contributed by atoms with Crippen molar-refractivity contribution >= 4 is 40.2 Å². The molecule has 0 bridgehead atoms. The van der Waals surface area contributed by atoms with Gasteiger partial charge in [0.25, 0.3) is 0 Å². The highest BCUT2D eigenvalue weighted by Gasteiger charge is 2.31. The van der Waals surface area contributed by atoms with Crippen molar-refractivity contribution < 1.29 is 9.59 Å². The minimum Gasteiger partial charge on any atom is -0.345 e. The van der Waals surface area contributed by atoms with Gasteiger partial charge in [-0.1, -0.05) is 28.1 Å². The Morgan fingerprint density at radius 1 is 1.22 bits per heavy atom. The van der Waals surface area contributed by atoms with Crippen molar-refractivity contribution in [3.05, 3.63) is 34.3 Å². The highest BCUT2D eigenvalue weighted by molar-refractivity contribution is 9.10. The standard InChI is InChI=1S/C16H22BrN3O2.ClH/c1-16(18,12-5-7-13(17)8-6-12)15(22)19-11-14(21)20-9-3-2-4-10-20;/h5-8H,2-4,9-11,18H2,1H3,(H,19,22);1H. The van der Waals surface area contributed by atoms with E-state index in [0.29, 0.717) is 5.56 Å². The van der Waals surface area contributed by atoms with Gasteiger partial charge in [0.1, 0.15) is 5.54 Å². The van der Waals surface area contributed by atoms with E-state index in [-0.39, 0.29) is 30.8 Å². The maximum absolute atomic E-state index is 12.3. The average Bonchev–Trinajstić information content (AvgIpc) is 2.53. The molecule has 5 nitrogen and oxygen atoms in total. The van der Waals surface area contributed by atoms with Gasteiger partial charge in [-0.2, -0.15) is 0 Å². The summed E-state index contributed by atoms with van der Waals surface area (Å²) >= 11 is 3.35. The van der Waals surface area contributed by atoms with E-state index in [4.69, 9.17) is 5.73 Å². The third-order valence-electron chi connectivity index (χ3n) is 4.02. The van der Waals surface area contributed by atoms with Crippen LogP contribution in [0.2, 0.25) is 0 Å². The first kappa shape index (κ1) is 19.9. The van der Waals surface area contributed by atoms with E-state index in [0.717, 1.165) is 30.4 Å². The van der Waals surface area contributed by atoms with Crippen molar-refractivity contribution in [2.75, 3.05) is 19.6 Å². The first-order valence-corrected chi connectivity index (χ1v) is 8.31. The maximum Gasteiger partial charge on any atom is 0.244 e. The molecule has 0 spiro atoms. The van der Waals surface area contributed by atoms with Crippen molar-refractivity contribution in [3.63, 3.8) is 0 Å². The van der Waals surface area contributed by atoms with E-state index in [2.05, 4.69) is 21.2 Å². The summed E-state index contributed by atoms with van der Waals surface area (Å²) < 4.78 is 0.924. The molecule has 128 valence electrons. The molecule has 2 amide bonds. The fraction of sp³-hybridized carbons (Fsp3) is 0.500. The lowest BCUT2D eigenvalue weighted by molar-refractivity contribution is -0.134. The highest BCUT2D eigenvalue weighted by Crippen LogP contribution is 2.20. The lowest BCUT2D eigenvalue weighted by Crippen LogP contribution is -2.52. The van der Waals surface area contributed by atoms with Crippen LogP contribution in [0.3, 0.4) is 0 Å². The molecule has 0 aliphatic carbocycles. The summed E-state index contributed by atoms with van der Waals surface area (Å²) in [6, 6.07) is 7.28. The van der Waals surface area contributed by atoms with Crippen LogP contribution in [0.4, 0.5) is 0 Å². The number of carbonyl (C=O) groups excluding carboxylic acids is 2. The van der Waals surface area contributed by atoms with E-state index in [1.165, 1.54) is 6.42 Å². The first-order chi connectivity index (χ1) is 10.4. The van der Waals surface area contributed by atoms with Gasteiger partial charge in [-0.3, -0.25) is 9.59 Å². The van der Waals surface area contributed by atoms with Gasteiger partial charge in [0.05, 0.1) is 6.54 Å². The normalized spacial score (nSPS) is 16.9. The second-order valence-electron chi connectivity index (χ2n) is 5.83. The van der Waals surface area contributed by atoms with Crippen LogP contribution in [0.1, 0.15) is 31.7 Å². The Morgan fingerprint density at radius 2 is 1.78 bits per heavy atom. The van der Waals surface area contributed by atoms with Crippen LogP contribution in [0.15, 0.2) is 28.7 Å². The second kappa shape index (κ2) is 8.66. The molecule has 1 aliphatic rings. The first-order valence-electron chi connectivity index (χ1n) is 7.52. The number of amides is 2. The smallest absolute Gasteiger partial charge is 0.244 e. The third kappa shape index (κ3) is 5.19. The number of rotatable bonds is 4. The third-order valence-corrected chi connectivity index (χ3v) is 4.55. The predicted octanol–water partition coefficient (Wildman–Crippen LogP) is 2.17. The van der Waals surface area contributed by atoms with E-state index >= 15 is 0 Å². The molecule has 1 fully saturated rings. The Kier molecular flexibility index (Phi) is 7.51. The molecular weight excluding hydrogens is 382 g/mol. The Bertz CT molecular complexity index is 543. The fourth-order valence-corrected chi connectivity index (χ4v) is 2.79. The molecule has 1 aromatic rings. The number of likely N-dealkylation sites (tertiary alicyclic amines) is 1. The molecule has 1 unspecified atom stereocenters. The summed E-state index contributed by atoms with van der Waals surface area (Å²) in [6.07, 6.45) is 3.24. The van der Waals surface area contributed by atoms with Crippen molar-refractivity contribution in [2.45, 2.75) is 31.7 Å². The summed E-state index contributed by atoms with van der Waals surface area (Å²) in [5.74, 6) is -0.389. The van der Waals surface area contributed by atoms with Crippen LogP contribution in [-0.4, -0.2) is 36.3 Å². The zero-order chi connectivity index (χ0) is 16.2. The number of halogens is 2. The topological polar surface area (TPSA) is 75.4 Å². The van der Waals surface area contributed by atoms with Gasteiger partial charge in [0.15, 0.2) is 0 Å². The van der Waals surface area contributed by atoms with E-state index in [9.17, 15) is 9.59 Å². The minimum atomic E-state index is -1.16. The molecule has 3 N–H and O–H groups in total. The highest BCUT2D eigenvalue weighted by atomic mass is 79.9. The number of benzene rings is 1. The van der Waals surface area contributed by atoms with Crippen molar-refractivity contribution in [2.24, 2.45) is 5.73 Å². The molecule has 0 saturated carbocycles. The zero-order valence-electron chi connectivity index (χ0n) is 13.2. The van der Waals surface area contributed by atoms with Gasteiger partial charge in [0, 0.05) is 17.6 Å². The molecular formula is C16H23BrClN3O2. The molecule has 1 aliphatic heterocycles. The number of nitrogens with zero attached hydrogens (tertiary/aromatic N) is 1.